The summed E-state index contributed by atoms with van der Waals surface area (Å²) in [5.41, 5.74) is 0. The largest absolute Gasteiger partial charge is 0.311 e. The number of nitrogens with zero attached hydrogens (tertiary/aromatic N) is 2. The Hall–Kier alpha value is -0.710. The van der Waals surface area contributed by atoms with Crippen molar-refractivity contribution in [1.82, 2.24) is 4.90 Å². The Morgan fingerprint density at radius 1 is 1.38 bits per heavy atom. The van der Waals surface area contributed by atoms with E-state index in [4.69, 9.17) is 5.26 Å². The average Bonchev–Trinajstić information content (AvgIpc) is 2.97. The molecule has 2 nitrogen and oxygen atoms in total. The molecular weight excluding hydrogens is 160 g/mol. The van der Waals surface area contributed by atoms with E-state index < -0.39 is 0 Å². The van der Waals surface area contributed by atoms with E-state index in [0.717, 1.165) is 30.8 Å². The van der Waals surface area contributed by atoms with Crippen molar-refractivity contribution >= 4 is 0 Å². The molecule has 2 atom stereocenters. The normalized spacial score (nSPS) is 34.3. The maximum Gasteiger partial charge on any atom is 0.179 e. The maximum atomic E-state index is 8.71. The van der Waals surface area contributed by atoms with Crippen molar-refractivity contribution in [3.63, 3.8) is 0 Å². The molecule has 1 saturated heterocycles. The second kappa shape index (κ2) is 3.57. The van der Waals surface area contributed by atoms with Gasteiger partial charge in [-0.2, -0.15) is 5.26 Å². The molecule has 0 aromatic heterocycles. The van der Waals surface area contributed by atoms with Gasteiger partial charge in [-0.05, 0) is 37.0 Å². The van der Waals surface area contributed by atoms with Crippen molar-refractivity contribution in [2.24, 2.45) is 17.8 Å². The molecule has 2 rings (SSSR count). The Bertz CT molecular complexity index is 211. The van der Waals surface area contributed by atoms with Gasteiger partial charge in [0.2, 0.25) is 0 Å². The van der Waals surface area contributed by atoms with Crippen LogP contribution in [0.3, 0.4) is 0 Å². The van der Waals surface area contributed by atoms with Crippen molar-refractivity contribution in [1.29, 1.82) is 5.26 Å². The standard InChI is InChI=1S/C11H18N2/c1-2-9-7-11(9)10-3-5-13(8-12)6-4-10/h9-11H,2-7H2,1H3. The maximum absolute atomic E-state index is 8.71. The van der Waals surface area contributed by atoms with Gasteiger partial charge in [-0.3, -0.25) is 0 Å². The molecule has 2 unspecified atom stereocenters. The van der Waals surface area contributed by atoms with E-state index in [1.165, 1.54) is 25.7 Å². The van der Waals surface area contributed by atoms with E-state index in [1.54, 1.807) is 0 Å². The third-order valence-electron chi connectivity index (χ3n) is 3.79. The van der Waals surface area contributed by atoms with E-state index in [-0.39, 0.29) is 0 Å². The zero-order chi connectivity index (χ0) is 9.26. The summed E-state index contributed by atoms with van der Waals surface area (Å²) in [5, 5.41) is 8.71. The topological polar surface area (TPSA) is 27.0 Å². The quantitative estimate of drug-likeness (QED) is 0.606. The van der Waals surface area contributed by atoms with E-state index in [0.29, 0.717) is 0 Å². The van der Waals surface area contributed by atoms with Crippen molar-refractivity contribution in [3.8, 4) is 6.19 Å². The highest BCUT2D eigenvalue weighted by Gasteiger charge is 2.41. The number of nitriles is 1. The molecule has 72 valence electrons. The van der Waals surface area contributed by atoms with E-state index in [1.807, 2.05) is 4.90 Å². The Kier molecular flexibility index (Phi) is 2.44. The first-order chi connectivity index (χ1) is 6.35. The highest BCUT2D eigenvalue weighted by molar-refractivity contribution is 4.93. The first kappa shape index (κ1) is 8.87. The molecule has 1 saturated carbocycles. The minimum absolute atomic E-state index is 0.939. The van der Waals surface area contributed by atoms with Crippen LogP contribution in [0.1, 0.15) is 32.6 Å². The van der Waals surface area contributed by atoms with E-state index in [9.17, 15) is 0 Å². The van der Waals surface area contributed by atoms with Gasteiger partial charge in [0.1, 0.15) is 0 Å². The molecule has 0 bridgehead atoms. The zero-order valence-electron chi connectivity index (χ0n) is 8.37. The van der Waals surface area contributed by atoms with Crippen molar-refractivity contribution < 1.29 is 0 Å². The van der Waals surface area contributed by atoms with Crippen LogP contribution >= 0.6 is 0 Å². The second-order valence-electron chi connectivity index (χ2n) is 4.49. The number of hydrogen-bond donors (Lipinski definition) is 0. The SMILES string of the molecule is CCC1CC1C1CCN(C#N)CC1. The van der Waals surface area contributed by atoms with Crippen LogP contribution in [0.5, 0.6) is 0 Å². The van der Waals surface area contributed by atoms with Crippen LogP contribution in [0.25, 0.3) is 0 Å². The van der Waals surface area contributed by atoms with Crippen LogP contribution in [0, 0.1) is 29.2 Å². The molecule has 0 radical (unpaired) electrons. The average molecular weight is 178 g/mol. The molecule has 0 N–H and O–H groups in total. The Morgan fingerprint density at radius 3 is 2.54 bits per heavy atom. The Labute approximate surface area is 80.5 Å². The Balaban J connectivity index is 1.77. The van der Waals surface area contributed by atoms with Gasteiger partial charge in [0, 0.05) is 13.1 Å². The summed E-state index contributed by atoms with van der Waals surface area (Å²) in [6.07, 6.45) is 7.59. The molecule has 1 aliphatic carbocycles. The molecule has 0 aromatic rings. The predicted octanol–water partition coefficient (Wildman–Crippen LogP) is 2.23. The van der Waals surface area contributed by atoms with E-state index in [2.05, 4.69) is 13.1 Å². The third-order valence-corrected chi connectivity index (χ3v) is 3.79. The lowest BCUT2D eigenvalue weighted by Gasteiger charge is -2.28. The van der Waals surface area contributed by atoms with Crippen LogP contribution in [0.4, 0.5) is 0 Å². The summed E-state index contributed by atoms with van der Waals surface area (Å²) >= 11 is 0. The second-order valence-corrected chi connectivity index (χ2v) is 4.49. The predicted molar refractivity (Wildman–Crippen MR) is 51.8 cm³/mol. The summed E-state index contributed by atoms with van der Waals surface area (Å²) in [6.45, 7) is 4.32. The summed E-state index contributed by atoms with van der Waals surface area (Å²) < 4.78 is 0. The van der Waals surface area contributed by atoms with Crippen LogP contribution < -0.4 is 0 Å². The molecule has 2 fully saturated rings. The molecule has 13 heavy (non-hydrogen) atoms. The minimum atomic E-state index is 0.939. The zero-order valence-corrected chi connectivity index (χ0v) is 8.37. The van der Waals surface area contributed by atoms with Crippen molar-refractivity contribution in [2.45, 2.75) is 32.6 Å². The summed E-state index contributed by atoms with van der Waals surface area (Å²) in [4.78, 5) is 1.90. The smallest absolute Gasteiger partial charge is 0.179 e. The number of likely N-dealkylation sites (tertiary alicyclic amines) is 1. The lowest BCUT2D eigenvalue weighted by Crippen LogP contribution is -2.30. The monoisotopic (exact) mass is 178 g/mol. The molecule has 1 heterocycles. The highest BCUT2D eigenvalue weighted by Crippen LogP contribution is 2.49. The van der Waals surface area contributed by atoms with Gasteiger partial charge in [-0.1, -0.05) is 13.3 Å². The molecule has 0 aromatic carbocycles. The van der Waals surface area contributed by atoms with Gasteiger partial charge in [0.05, 0.1) is 0 Å². The number of rotatable bonds is 2. The van der Waals surface area contributed by atoms with Gasteiger partial charge < -0.3 is 4.90 Å². The van der Waals surface area contributed by atoms with Crippen molar-refractivity contribution in [3.05, 3.63) is 0 Å². The fourth-order valence-electron chi connectivity index (χ4n) is 2.75. The van der Waals surface area contributed by atoms with Crippen LogP contribution in [0.2, 0.25) is 0 Å². The summed E-state index contributed by atoms with van der Waals surface area (Å²) in [7, 11) is 0. The first-order valence-electron chi connectivity index (χ1n) is 5.49. The van der Waals surface area contributed by atoms with E-state index >= 15 is 0 Å². The fraction of sp³-hybridized carbons (Fsp3) is 0.909. The van der Waals surface area contributed by atoms with Gasteiger partial charge in [-0.15, -0.1) is 0 Å². The molecule has 2 aliphatic rings. The molecule has 1 aliphatic heterocycles. The van der Waals surface area contributed by atoms with Crippen LogP contribution in [-0.2, 0) is 0 Å². The first-order valence-corrected chi connectivity index (χ1v) is 5.49. The highest BCUT2D eigenvalue weighted by atomic mass is 15.1. The fourth-order valence-corrected chi connectivity index (χ4v) is 2.75. The lowest BCUT2D eigenvalue weighted by molar-refractivity contribution is 0.226. The molecular formula is C11H18N2. The minimum Gasteiger partial charge on any atom is -0.311 e. The number of piperidine rings is 1. The van der Waals surface area contributed by atoms with Gasteiger partial charge in [0.25, 0.3) is 0 Å². The molecule has 0 spiro atoms. The van der Waals surface area contributed by atoms with Crippen molar-refractivity contribution in [2.75, 3.05) is 13.1 Å². The van der Waals surface area contributed by atoms with Gasteiger partial charge in [-0.25, -0.2) is 0 Å². The summed E-state index contributed by atoms with van der Waals surface area (Å²) in [6, 6.07) is 0. The van der Waals surface area contributed by atoms with Crippen LogP contribution in [-0.4, -0.2) is 18.0 Å². The van der Waals surface area contributed by atoms with Crippen LogP contribution in [0.15, 0.2) is 0 Å². The molecule has 2 heteroatoms. The van der Waals surface area contributed by atoms with Gasteiger partial charge in [0.15, 0.2) is 6.19 Å². The lowest BCUT2D eigenvalue weighted by atomic mass is 9.91. The molecule has 0 amide bonds. The third kappa shape index (κ3) is 1.80. The Morgan fingerprint density at radius 2 is 2.08 bits per heavy atom. The van der Waals surface area contributed by atoms with Gasteiger partial charge >= 0.3 is 0 Å². The number of hydrogen-bond acceptors (Lipinski definition) is 2. The summed E-state index contributed by atoms with van der Waals surface area (Å²) in [5.74, 6) is 2.99.